The molecule has 0 bridgehead atoms. The Morgan fingerprint density at radius 3 is 2.85 bits per heavy atom. The zero-order valence-corrected chi connectivity index (χ0v) is 12.2. The lowest BCUT2D eigenvalue weighted by Gasteiger charge is -2.54. The molecule has 0 unspecified atom stereocenters. The van der Waals surface area contributed by atoms with E-state index in [0.29, 0.717) is 11.8 Å². The van der Waals surface area contributed by atoms with Crippen LogP contribution in [0.1, 0.15) is 33.1 Å². The fourth-order valence-electron chi connectivity index (χ4n) is 4.62. The van der Waals surface area contributed by atoms with Crippen LogP contribution < -0.4 is 0 Å². The second-order valence-electron chi connectivity index (χ2n) is 6.94. The molecule has 112 valence electrons. The summed E-state index contributed by atoms with van der Waals surface area (Å²) in [6.45, 7) is 3.87. The summed E-state index contributed by atoms with van der Waals surface area (Å²) in [6.07, 6.45) is 5.52. The van der Waals surface area contributed by atoms with E-state index in [1.54, 1.807) is 0 Å². The Balaban J connectivity index is 1.99. The van der Waals surface area contributed by atoms with E-state index in [1.165, 1.54) is 0 Å². The van der Waals surface area contributed by atoms with E-state index in [2.05, 4.69) is 13.0 Å². The molecular weight excluding hydrogens is 256 g/mol. The normalized spacial score (nSPS) is 51.5. The van der Waals surface area contributed by atoms with E-state index in [-0.39, 0.29) is 24.2 Å². The topological polar surface area (TPSA) is 66.8 Å². The van der Waals surface area contributed by atoms with Crippen LogP contribution >= 0.6 is 0 Å². The summed E-state index contributed by atoms with van der Waals surface area (Å²) in [5.41, 5.74) is -0.607. The molecule has 2 N–H and O–H groups in total. The molecule has 7 atom stereocenters. The van der Waals surface area contributed by atoms with Crippen LogP contribution in [0.15, 0.2) is 12.2 Å². The van der Waals surface area contributed by atoms with Gasteiger partial charge in [0.1, 0.15) is 6.10 Å². The van der Waals surface area contributed by atoms with Crippen molar-refractivity contribution < 1.29 is 19.7 Å². The van der Waals surface area contributed by atoms with Crippen LogP contribution in [0.25, 0.3) is 0 Å². The number of fused-ring (bicyclic) bond motifs is 3. The van der Waals surface area contributed by atoms with E-state index in [0.717, 1.165) is 19.3 Å². The Labute approximate surface area is 119 Å². The van der Waals surface area contributed by atoms with Crippen molar-refractivity contribution in [1.29, 1.82) is 0 Å². The number of Topliss-reactive ketones (excluding diaryl/α,β-unsaturated/α-hetero) is 1. The van der Waals surface area contributed by atoms with Crippen LogP contribution in [0.3, 0.4) is 0 Å². The zero-order valence-electron chi connectivity index (χ0n) is 12.2. The van der Waals surface area contributed by atoms with E-state index in [9.17, 15) is 15.0 Å². The van der Waals surface area contributed by atoms with Gasteiger partial charge in [-0.2, -0.15) is 0 Å². The van der Waals surface area contributed by atoms with Gasteiger partial charge in [-0.25, -0.2) is 0 Å². The van der Waals surface area contributed by atoms with Crippen LogP contribution in [0.2, 0.25) is 0 Å². The molecule has 0 amide bonds. The highest BCUT2D eigenvalue weighted by molar-refractivity contribution is 5.90. The number of carbonyl (C=O) groups excluding carboxylic acids is 1. The van der Waals surface area contributed by atoms with Crippen molar-refractivity contribution in [1.82, 2.24) is 0 Å². The predicted molar refractivity (Wildman–Crippen MR) is 73.7 cm³/mol. The minimum Gasteiger partial charge on any atom is -0.393 e. The van der Waals surface area contributed by atoms with E-state index >= 15 is 0 Å². The van der Waals surface area contributed by atoms with Gasteiger partial charge in [0.15, 0.2) is 12.1 Å². The van der Waals surface area contributed by atoms with E-state index in [4.69, 9.17) is 4.74 Å². The predicted octanol–water partition coefficient (Wildman–Crippen LogP) is 1.51. The Hall–Kier alpha value is -0.710. The first kappa shape index (κ1) is 14.2. The maximum Gasteiger partial charge on any atom is 0.170 e. The van der Waals surface area contributed by atoms with Gasteiger partial charge in [-0.3, -0.25) is 4.79 Å². The molecule has 0 aromatic heterocycles. The number of carbonyl (C=O) groups is 1. The minimum atomic E-state index is -0.994. The SMILES string of the molecule is C[C@H]1CC[C@H]2[C@@H](C=C[C@@H]3[C@@H](O)O[C@@H](CO)C(=O)[C@@]32C)C1. The Bertz CT molecular complexity index is 432. The Morgan fingerprint density at radius 1 is 1.40 bits per heavy atom. The van der Waals surface area contributed by atoms with Gasteiger partial charge in [0.2, 0.25) is 0 Å². The summed E-state index contributed by atoms with van der Waals surface area (Å²) in [6, 6.07) is 0. The maximum atomic E-state index is 12.8. The number of rotatable bonds is 1. The van der Waals surface area contributed by atoms with Crippen LogP contribution in [-0.2, 0) is 9.53 Å². The van der Waals surface area contributed by atoms with Crippen molar-refractivity contribution in [3.8, 4) is 0 Å². The lowest BCUT2D eigenvalue weighted by molar-refractivity contribution is -0.231. The minimum absolute atomic E-state index is 0.0378. The Kier molecular flexibility index (Phi) is 3.51. The van der Waals surface area contributed by atoms with Crippen LogP contribution in [0.5, 0.6) is 0 Å². The van der Waals surface area contributed by atoms with Gasteiger partial charge in [0, 0.05) is 11.3 Å². The highest BCUT2D eigenvalue weighted by Crippen LogP contribution is 2.55. The lowest BCUT2D eigenvalue weighted by atomic mass is 9.52. The number of aliphatic hydroxyl groups excluding tert-OH is 2. The second kappa shape index (κ2) is 4.93. The van der Waals surface area contributed by atoms with Crippen molar-refractivity contribution in [3.05, 3.63) is 12.2 Å². The van der Waals surface area contributed by atoms with Gasteiger partial charge in [0.25, 0.3) is 0 Å². The summed E-state index contributed by atoms with van der Waals surface area (Å²) in [7, 11) is 0. The molecule has 1 heterocycles. The molecule has 0 aromatic rings. The third-order valence-electron chi connectivity index (χ3n) is 5.79. The van der Waals surface area contributed by atoms with Gasteiger partial charge < -0.3 is 14.9 Å². The summed E-state index contributed by atoms with van der Waals surface area (Å²) in [4.78, 5) is 12.8. The van der Waals surface area contributed by atoms with Crippen LogP contribution in [-0.4, -0.2) is 35.0 Å². The highest BCUT2D eigenvalue weighted by Gasteiger charge is 2.58. The first-order valence-corrected chi connectivity index (χ1v) is 7.65. The van der Waals surface area contributed by atoms with Crippen molar-refractivity contribution in [2.75, 3.05) is 6.61 Å². The van der Waals surface area contributed by atoms with Gasteiger partial charge in [-0.1, -0.05) is 32.4 Å². The molecule has 1 aliphatic heterocycles. The van der Waals surface area contributed by atoms with Gasteiger partial charge in [0.05, 0.1) is 6.61 Å². The fraction of sp³-hybridized carbons (Fsp3) is 0.812. The molecule has 2 aliphatic carbocycles. The maximum absolute atomic E-state index is 12.8. The monoisotopic (exact) mass is 280 g/mol. The van der Waals surface area contributed by atoms with E-state index in [1.807, 2.05) is 13.0 Å². The quantitative estimate of drug-likeness (QED) is 0.715. The molecule has 3 rings (SSSR count). The third kappa shape index (κ3) is 1.89. The number of ketones is 1. The van der Waals surface area contributed by atoms with Crippen molar-refractivity contribution in [2.24, 2.45) is 29.1 Å². The van der Waals surface area contributed by atoms with Gasteiger partial charge in [-0.15, -0.1) is 0 Å². The molecule has 1 saturated heterocycles. The number of hydrogen-bond acceptors (Lipinski definition) is 4. The number of ether oxygens (including phenoxy) is 1. The fourth-order valence-corrected chi connectivity index (χ4v) is 4.62. The average molecular weight is 280 g/mol. The standard InChI is InChI=1S/C16H24O4/c1-9-3-5-11-10(7-9)4-6-12-15(19)20-13(8-17)14(18)16(11,12)2/h4,6,9-13,15,17,19H,3,5,7-8H2,1-2H3/t9-,10-,11-,12+,13-,15-,16+/m0/s1. The van der Waals surface area contributed by atoms with Crippen LogP contribution in [0.4, 0.5) is 0 Å². The lowest BCUT2D eigenvalue weighted by Crippen LogP contribution is -2.61. The van der Waals surface area contributed by atoms with E-state index < -0.39 is 17.8 Å². The highest BCUT2D eigenvalue weighted by atomic mass is 16.6. The summed E-state index contributed by atoms with van der Waals surface area (Å²) in [5.74, 6) is 1.04. The molecule has 0 aromatic carbocycles. The Morgan fingerprint density at radius 2 is 2.15 bits per heavy atom. The molecule has 1 saturated carbocycles. The summed E-state index contributed by atoms with van der Waals surface area (Å²) < 4.78 is 5.29. The zero-order chi connectivity index (χ0) is 14.5. The largest absolute Gasteiger partial charge is 0.393 e. The smallest absolute Gasteiger partial charge is 0.170 e. The van der Waals surface area contributed by atoms with Crippen molar-refractivity contribution in [3.63, 3.8) is 0 Å². The third-order valence-corrected chi connectivity index (χ3v) is 5.79. The second-order valence-corrected chi connectivity index (χ2v) is 6.94. The molecule has 0 radical (unpaired) electrons. The molecule has 4 nitrogen and oxygen atoms in total. The first-order chi connectivity index (χ1) is 9.48. The molecule has 3 aliphatic rings. The van der Waals surface area contributed by atoms with Gasteiger partial charge >= 0.3 is 0 Å². The first-order valence-electron chi connectivity index (χ1n) is 7.65. The van der Waals surface area contributed by atoms with Crippen molar-refractivity contribution >= 4 is 5.78 Å². The number of aliphatic hydroxyl groups is 2. The molecule has 4 heteroatoms. The summed E-state index contributed by atoms with van der Waals surface area (Å²) >= 11 is 0. The van der Waals surface area contributed by atoms with Gasteiger partial charge in [-0.05, 0) is 30.6 Å². The van der Waals surface area contributed by atoms with Crippen LogP contribution in [0, 0.1) is 29.1 Å². The average Bonchev–Trinajstić information content (AvgIpc) is 2.42. The van der Waals surface area contributed by atoms with Crippen molar-refractivity contribution in [2.45, 2.75) is 45.5 Å². The molecule has 20 heavy (non-hydrogen) atoms. The number of allylic oxidation sites excluding steroid dienone is 1. The molecular formula is C16H24O4. The summed E-state index contributed by atoms with van der Waals surface area (Å²) in [5, 5.41) is 19.5. The molecule has 2 fully saturated rings. The number of hydrogen-bond donors (Lipinski definition) is 2. The molecule has 0 spiro atoms.